The van der Waals surface area contributed by atoms with Crippen LogP contribution in [0.2, 0.25) is 0 Å². The predicted octanol–water partition coefficient (Wildman–Crippen LogP) is 1.74. The summed E-state index contributed by atoms with van der Waals surface area (Å²) in [6, 6.07) is 5.58. The molecule has 0 unspecified atom stereocenters. The molecule has 0 radical (unpaired) electrons. The third kappa shape index (κ3) is 1.61. The van der Waals surface area contributed by atoms with Crippen LogP contribution in [-0.2, 0) is 0 Å². The van der Waals surface area contributed by atoms with Crippen LogP contribution in [0.1, 0.15) is 5.69 Å². The Morgan fingerprint density at radius 3 is 2.71 bits per heavy atom. The normalized spacial score (nSPS) is 9.71. The largest absolute Gasteiger partial charge is 0.276 e. The average molecular weight is 296 g/mol. The van der Waals surface area contributed by atoms with Crippen LogP contribution in [0.4, 0.5) is 0 Å². The van der Waals surface area contributed by atoms with Gasteiger partial charge >= 0.3 is 0 Å². The van der Waals surface area contributed by atoms with Crippen LogP contribution in [0.15, 0.2) is 30.7 Å². The highest BCUT2D eigenvalue weighted by Crippen LogP contribution is 2.08. The van der Waals surface area contributed by atoms with E-state index in [9.17, 15) is 0 Å². The molecule has 2 aromatic rings. The Kier molecular flexibility index (Phi) is 2.45. The molecule has 14 heavy (non-hydrogen) atoms. The first-order valence-corrected chi connectivity index (χ1v) is 4.94. The molecule has 5 heteroatoms. The van der Waals surface area contributed by atoms with Crippen LogP contribution in [0.25, 0.3) is 5.95 Å². The lowest BCUT2D eigenvalue weighted by molar-refractivity contribution is 0.917. The summed E-state index contributed by atoms with van der Waals surface area (Å²) in [5.41, 5.74) is 0.534. The van der Waals surface area contributed by atoms with Crippen molar-refractivity contribution in [1.82, 2.24) is 14.5 Å². The third-order valence-corrected chi connectivity index (χ3v) is 2.24. The first kappa shape index (κ1) is 9.15. The second kappa shape index (κ2) is 3.75. The molecular formula is C9H5IN4. The second-order valence-corrected chi connectivity index (χ2v) is 3.82. The van der Waals surface area contributed by atoms with Crippen molar-refractivity contribution in [3.8, 4) is 12.0 Å². The van der Waals surface area contributed by atoms with Crippen molar-refractivity contribution in [2.75, 3.05) is 0 Å². The standard InChI is InChI=1S/C9H5IN4/c10-7-5-12-9(13-6-7)14-3-1-2-8(14)4-11/h1-3,5-6H. The zero-order chi connectivity index (χ0) is 9.97. The van der Waals surface area contributed by atoms with Gasteiger partial charge in [-0.3, -0.25) is 4.57 Å². The molecule has 0 spiro atoms. The van der Waals surface area contributed by atoms with E-state index in [4.69, 9.17) is 5.26 Å². The van der Waals surface area contributed by atoms with E-state index in [1.54, 1.807) is 35.3 Å². The van der Waals surface area contributed by atoms with Crippen molar-refractivity contribution in [2.45, 2.75) is 0 Å². The number of hydrogen-bond acceptors (Lipinski definition) is 3. The average Bonchev–Trinajstić information content (AvgIpc) is 2.67. The topological polar surface area (TPSA) is 54.5 Å². The van der Waals surface area contributed by atoms with Crippen LogP contribution in [-0.4, -0.2) is 14.5 Å². The molecule has 0 atom stereocenters. The Morgan fingerprint density at radius 2 is 2.07 bits per heavy atom. The number of nitriles is 1. The molecule has 2 heterocycles. The van der Waals surface area contributed by atoms with E-state index in [0.29, 0.717) is 11.6 Å². The highest BCUT2D eigenvalue weighted by atomic mass is 127. The number of nitrogens with zero attached hydrogens (tertiary/aromatic N) is 4. The Labute approximate surface area is 94.4 Å². The molecule has 4 nitrogen and oxygen atoms in total. The zero-order valence-corrected chi connectivity index (χ0v) is 9.21. The molecular weight excluding hydrogens is 291 g/mol. The van der Waals surface area contributed by atoms with E-state index in [0.717, 1.165) is 3.57 Å². The molecule has 0 amide bonds. The van der Waals surface area contributed by atoms with Gasteiger partial charge in [0.1, 0.15) is 11.8 Å². The van der Waals surface area contributed by atoms with Crippen LogP contribution in [0, 0.1) is 14.9 Å². The highest BCUT2D eigenvalue weighted by Gasteiger charge is 2.03. The summed E-state index contributed by atoms with van der Waals surface area (Å²) < 4.78 is 2.62. The molecule has 0 saturated carbocycles. The van der Waals surface area contributed by atoms with Gasteiger partial charge in [0.2, 0.25) is 5.95 Å². The summed E-state index contributed by atoms with van der Waals surface area (Å²) in [4.78, 5) is 8.25. The van der Waals surface area contributed by atoms with Crippen molar-refractivity contribution in [3.63, 3.8) is 0 Å². The van der Waals surface area contributed by atoms with Crippen molar-refractivity contribution in [3.05, 3.63) is 40.0 Å². The van der Waals surface area contributed by atoms with Gasteiger partial charge in [-0.2, -0.15) is 5.26 Å². The van der Waals surface area contributed by atoms with Gasteiger partial charge in [0.05, 0.1) is 0 Å². The van der Waals surface area contributed by atoms with Gasteiger partial charge in [-0.05, 0) is 34.7 Å². The van der Waals surface area contributed by atoms with Crippen LogP contribution in [0.3, 0.4) is 0 Å². The fourth-order valence-electron chi connectivity index (χ4n) is 1.08. The first-order valence-electron chi connectivity index (χ1n) is 3.86. The maximum Gasteiger partial charge on any atom is 0.234 e. The van der Waals surface area contributed by atoms with Crippen LogP contribution >= 0.6 is 22.6 Å². The molecule has 0 aromatic carbocycles. The van der Waals surface area contributed by atoms with E-state index in [2.05, 4.69) is 38.6 Å². The number of hydrogen-bond donors (Lipinski definition) is 0. The van der Waals surface area contributed by atoms with Crippen molar-refractivity contribution < 1.29 is 0 Å². The highest BCUT2D eigenvalue weighted by molar-refractivity contribution is 14.1. The maximum absolute atomic E-state index is 8.80. The monoisotopic (exact) mass is 296 g/mol. The fraction of sp³-hybridized carbons (Fsp3) is 0. The summed E-state index contributed by atoms with van der Waals surface area (Å²) in [6.07, 6.45) is 5.19. The lowest BCUT2D eigenvalue weighted by Gasteiger charge is -2.00. The van der Waals surface area contributed by atoms with E-state index in [1.807, 2.05) is 0 Å². The minimum Gasteiger partial charge on any atom is -0.276 e. The Balaban J connectivity index is 2.50. The first-order chi connectivity index (χ1) is 6.81. The second-order valence-electron chi connectivity index (χ2n) is 2.58. The molecule has 0 aliphatic carbocycles. The van der Waals surface area contributed by atoms with Gasteiger partial charge in [-0.1, -0.05) is 0 Å². The summed E-state index contributed by atoms with van der Waals surface area (Å²) >= 11 is 2.13. The van der Waals surface area contributed by atoms with Gasteiger partial charge in [0, 0.05) is 22.2 Å². The molecule has 2 rings (SSSR count). The fourth-order valence-corrected chi connectivity index (χ4v) is 1.35. The summed E-state index contributed by atoms with van der Waals surface area (Å²) in [5, 5.41) is 8.80. The predicted molar refractivity (Wildman–Crippen MR) is 58.8 cm³/mol. The van der Waals surface area contributed by atoms with Gasteiger partial charge in [0.25, 0.3) is 0 Å². The minimum atomic E-state index is 0.520. The van der Waals surface area contributed by atoms with E-state index in [1.165, 1.54) is 0 Å². The molecule has 0 bridgehead atoms. The Hall–Kier alpha value is -1.42. The Bertz CT molecular complexity index is 480. The summed E-state index contributed by atoms with van der Waals surface area (Å²) in [5.74, 6) is 0.520. The van der Waals surface area contributed by atoms with Crippen molar-refractivity contribution in [2.24, 2.45) is 0 Å². The van der Waals surface area contributed by atoms with Gasteiger partial charge < -0.3 is 0 Å². The number of rotatable bonds is 1. The maximum atomic E-state index is 8.80. The molecule has 0 aliphatic rings. The van der Waals surface area contributed by atoms with E-state index < -0.39 is 0 Å². The van der Waals surface area contributed by atoms with E-state index in [-0.39, 0.29) is 0 Å². The van der Waals surface area contributed by atoms with Gasteiger partial charge in [0.15, 0.2) is 0 Å². The number of aromatic nitrogens is 3. The molecule has 2 aromatic heterocycles. The lowest BCUT2D eigenvalue weighted by Crippen LogP contribution is -2.01. The molecule has 0 aliphatic heterocycles. The minimum absolute atomic E-state index is 0.520. The third-order valence-electron chi connectivity index (χ3n) is 1.69. The van der Waals surface area contributed by atoms with Gasteiger partial charge in [-0.25, -0.2) is 9.97 Å². The van der Waals surface area contributed by atoms with E-state index >= 15 is 0 Å². The zero-order valence-electron chi connectivity index (χ0n) is 7.05. The van der Waals surface area contributed by atoms with Crippen LogP contribution in [0.5, 0.6) is 0 Å². The Morgan fingerprint density at radius 1 is 1.36 bits per heavy atom. The quantitative estimate of drug-likeness (QED) is 0.753. The smallest absolute Gasteiger partial charge is 0.234 e. The molecule has 0 N–H and O–H groups in total. The van der Waals surface area contributed by atoms with Crippen molar-refractivity contribution in [1.29, 1.82) is 5.26 Å². The molecule has 0 fully saturated rings. The lowest BCUT2D eigenvalue weighted by atomic mass is 10.5. The molecule has 68 valence electrons. The SMILES string of the molecule is N#Cc1cccn1-c1ncc(I)cn1. The van der Waals surface area contributed by atoms with Gasteiger partial charge in [-0.15, -0.1) is 0 Å². The summed E-state index contributed by atoms with van der Waals surface area (Å²) in [6.45, 7) is 0. The molecule has 0 saturated heterocycles. The number of halogens is 1. The van der Waals surface area contributed by atoms with Crippen LogP contribution < -0.4 is 0 Å². The van der Waals surface area contributed by atoms with Crippen molar-refractivity contribution >= 4 is 22.6 Å². The summed E-state index contributed by atoms with van der Waals surface area (Å²) in [7, 11) is 0.